The highest BCUT2D eigenvalue weighted by Gasteiger charge is 2.39. The van der Waals surface area contributed by atoms with Gasteiger partial charge in [0.15, 0.2) is 9.84 Å². The minimum absolute atomic E-state index is 0.0434. The number of carbonyl (C=O) groups is 1. The second-order valence-corrected chi connectivity index (χ2v) is 8.85. The summed E-state index contributed by atoms with van der Waals surface area (Å²) < 4.78 is 29.5. The van der Waals surface area contributed by atoms with E-state index in [-0.39, 0.29) is 23.5 Å². The second kappa shape index (κ2) is 5.88. The van der Waals surface area contributed by atoms with Gasteiger partial charge in [-0.05, 0) is 18.6 Å². The number of amides is 1. The quantitative estimate of drug-likeness (QED) is 0.829. The molecule has 0 spiro atoms. The largest absolute Gasteiger partial charge is 0.457 e. The zero-order chi connectivity index (χ0) is 17.6. The molecule has 0 saturated carbocycles. The van der Waals surface area contributed by atoms with E-state index in [1.54, 1.807) is 11.9 Å². The Bertz CT molecular complexity index is 892. The summed E-state index contributed by atoms with van der Waals surface area (Å²) in [7, 11) is -1.34. The van der Waals surface area contributed by atoms with Crippen LogP contribution in [0.2, 0.25) is 0 Å². The number of hydrogen-bond acceptors (Lipinski definition) is 4. The highest BCUT2D eigenvalue weighted by Crippen LogP contribution is 2.44. The zero-order valence-electron chi connectivity index (χ0n) is 13.9. The number of benzene rings is 2. The minimum atomic E-state index is -3.04. The molecule has 0 aromatic heterocycles. The fourth-order valence-electron chi connectivity index (χ4n) is 3.64. The van der Waals surface area contributed by atoms with Gasteiger partial charge in [0.25, 0.3) is 0 Å². The molecule has 0 N–H and O–H groups in total. The summed E-state index contributed by atoms with van der Waals surface area (Å²) in [5, 5.41) is 0. The predicted octanol–water partition coefficient (Wildman–Crippen LogP) is 2.57. The fourth-order valence-corrected chi connectivity index (χ4v) is 5.41. The van der Waals surface area contributed by atoms with E-state index >= 15 is 0 Å². The molecule has 1 unspecified atom stereocenters. The van der Waals surface area contributed by atoms with Gasteiger partial charge in [-0.15, -0.1) is 0 Å². The lowest BCUT2D eigenvalue weighted by Gasteiger charge is -2.32. The van der Waals surface area contributed by atoms with E-state index < -0.39 is 15.8 Å². The number of sulfone groups is 1. The van der Waals surface area contributed by atoms with E-state index in [4.69, 9.17) is 4.74 Å². The van der Waals surface area contributed by atoms with E-state index in [1.165, 1.54) is 0 Å². The molecule has 1 saturated heterocycles. The molecule has 6 heteroatoms. The normalized spacial score (nSPS) is 21.1. The molecule has 0 aliphatic carbocycles. The summed E-state index contributed by atoms with van der Waals surface area (Å²) in [6.45, 7) is 0. The molecule has 0 radical (unpaired) electrons. The van der Waals surface area contributed by atoms with Crippen molar-refractivity contribution < 1.29 is 17.9 Å². The Labute approximate surface area is 147 Å². The van der Waals surface area contributed by atoms with Crippen LogP contribution in [0.5, 0.6) is 11.5 Å². The first kappa shape index (κ1) is 16.1. The number of fused-ring (bicyclic) bond motifs is 2. The van der Waals surface area contributed by atoms with E-state index in [9.17, 15) is 13.2 Å². The summed E-state index contributed by atoms with van der Waals surface area (Å²) in [4.78, 5) is 14.9. The minimum Gasteiger partial charge on any atom is -0.457 e. The summed E-state index contributed by atoms with van der Waals surface area (Å²) in [6, 6.07) is 14.8. The standard InChI is InChI=1S/C19H19NO4S/c1-20(13-10-11-25(22,23)12-13)19(21)18-14-6-2-4-8-16(14)24-17-9-5-3-7-15(17)18/h2-9,13,18H,10-12H2,1H3. The summed E-state index contributed by atoms with van der Waals surface area (Å²) in [6.07, 6.45) is 0.497. The molecule has 2 heterocycles. The van der Waals surface area contributed by atoms with Gasteiger partial charge in [-0.25, -0.2) is 8.42 Å². The lowest BCUT2D eigenvalue weighted by atomic mass is 9.86. The van der Waals surface area contributed by atoms with Crippen LogP contribution in [0.25, 0.3) is 0 Å². The molecule has 130 valence electrons. The molecule has 1 amide bonds. The Morgan fingerprint density at radius 3 is 2.12 bits per heavy atom. The van der Waals surface area contributed by atoms with Crippen molar-refractivity contribution in [1.82, 2.24) is 4.90 Å². The van der Waals surface area contributed by atoms with Crippen LogP contribution in [0.3, 0.4) is 0 Å². The van der Waals surface area contributed by atoms with Crippen LogP contribution in [0.1, 0.15) is 23.5 Å². The van der Waals surface area contributed by atoms with Gasteiger partial charge >= 0.3 is 0 Å². The van der Waals surface area contributed by atoms with Gasteiger partial charge in [0, 0.05) is 24.2 Å². The van der Waals surface area contributed by atoms with E-state index in [0.717, 1.165) is 11.1 Å². The maximum absolute atomic E-state index is 13.3. The highest BCUT2D eigenvalue weighted by atomic mass is 32.2. The molecule has 5 nitrogen and oxygen atoms in total. The monoisotopic (exact) mass is 357 g/mol. The Hall–Kier alpha value is -2.34. The second-order valence-electron chi connectivity index (χ2n) is 6.62. The Morgan fingerprint density at radius 1 is 1.04 bits per heavy atom. The third-order valence-corrected chi connectivity index (χ3v) is 6.78. The molecule has 25 heavy (non-hydrogen) atoms. The van der Waals surface area contributed by atoms with Crippen molar-refractivity contribution in [2.24, 2.45) is 0 Å². The van der Waals surface area contributed by atoms with Crippen LogP contribution in [-0.2, 0) is 14.6 Å². The van der Waals surface area contributed by atoms with E-state index in [2.05, 4.69) is 0 Å². The topological polar surface area (TPSA) is 63.7 Å². The average Bonchev–Trinajstić information content (AvgIpc) is 2.98. The number of hydrogen-bond donors (Lipinski definition) is 0. The number of rotatable bonds is 2. The van der Waals surface area contributed by atoms with Gasteiger partial charge in [0.2, 0.25) is 5.91 Å². The zero-order valence-corrected chi connectivity index (χ0v) is 14.7. The summed E-state index contributed by atoms with van der Waals surface area (Å²) >= 11 is 0. The van der Waals surface area contributed by atoms with Crippen LogP contribution in [0.4, 0.5) is 0 Å². The number of likely N-dealkylation sites (N-methyl/N-ethyl adjacent to an activating group) is 1. The number of para-hydroxylation sites is 2. The van der Waals surface area contributed by atoms with Gasteiger partial charge in [-0.1, -0.05) is 36.4 Å². The van der Waals surface area contributed by atoms with Gasteiger partial charge in [0.05, 0.1) is 17.4 Å². The molecular formula is C19H19NO4S. The third kappa shape index (κ3) is 2.80. The van der Waals surface area contributed by atoms with Gasteiger partial charge < -0.3 is 9.64 Å². The van der Waals surface area contributed by atoms with Crippen LogP contribution >= 0.6 is 0 Å². The van der Waals surface area contributed by atoms with Crippen LogP contribution in [0, 0.1) is 0 Å². The Morgan fingerprint density at radius 2 is 1.60 bits per heavy atom. The van der Waals surface area contributed by atoms with Crippen molar-refractivity contribution in [3.63, 3.8) is 0 Å². The predicted molar refractivity (Wildman–Crippen MR) is 94.6 cm³/mol. The first-order chi connectivity index (χ1) is 12.0. The first-order valence-corrected chi connectivity index (χ1v) is 10.1. The maximum Gasteiger partial charge on any atom is 0.234 e. The smallest absolute Gasteiger partial charge is 0.234 e. The van der Waals surface area contributed by atoms with Crippen molar-refractivity contribution in [2.45, 2.75) is 18.4 Å². The number of ether oxygens (including phenoxy) is 1. The van der Waals surface area contributed by atoms with Crippen LogP contribution < -0.4 is 4.74 Å². The van der Waals surface area contributed by atoms with Crippen molar-refractivity contribution in [1.29, 1.82) is 0 Å². The van der Waals surface area contributed by atoms with Crippen molar-refractivity contribution in [3.05, 3.63) is 59.7 Å². The van der Waals surface area contributed by atoms with Gasteiger partial charge in [0.1, 0.15) is 11.5 Å². The van der Waals surface area contributed by atoms with Crippen molar-refractivity contribution >= 4 is 15.7 Å². The lowest BCUT2D eigenvalue weighted by Crippen LogP contribution is -2.41. The van der Waals surface area contributed by atoms with E-state index in [1.807, 2.05) is 48.5 Å². The van der Waals surface area contributed by atoms with Gasteiger partial charge in [-0.2, -0.15) is 0 Å². The van der Waals surface area contributed by atoms with Crippen LogP contribution in [-0.4, -0.2) is 43.8 Å². The molecule has 2 aliphatic heterocycles. The summed E-state index contributed by atoms with van der Waals surface area (Å²) in [5.74, 6) is 0.969. The van der Waals surface area contributed by atoms with Crippen molar-refractivity contribution in [2.75, 3.05) is 18.6 Å². The average molecular weight is 357 g/mol. The van der Waals surface area contributed by atoms with E-state index in [0.29, 0.717) is 17.9 Å². The Kier molecular flexibility index (Phi) is 3.80. The summed E-state index contributed by atoms with van der Waals surface area (Å²) in [5.41, 5.74) is 1.64. The molecule has 2 aliphatic rings. The number of nitrogens with zero attached hydrogens (tertiary/aromatic N) is 1. The molecule has 2 aromatic carbocycles. The molecule has 4 rings (SSSR count). The SMILES string of the molecule is CN(C(=O)C1c2ccccc2Oc2ccccc21)C1CCS(=O)(=O)C1. The number of carbonyl (C=O) groups excluding carboxylic acids is 1. The molecule has 1 fully saturated rings. The fraction of sp³-hybridized carbons (Fsp3) is 0.316. The third-order valence-electron chi connectivity index (χ3n) is 5.03. The Balaban J connectivity index is 1.73. The maximum atomic E-state index is 13.3. The van der Waals surface area contributed by atoms with Crippen LogP contribution in [0.15, 0.2) is 48.5 Å². The molecular weight excluding hydrogens is 338 g/mol. The molecule has 2 aromatic rings. The highest BCUT2D eigenvalue weighted by molar-refractivity contribution is 7.91. The van der Waals surface area contributed by atoms with Crippen molar-refractivity contribution in [3.8, 4) is 11.5 Å². The lowest BCUT2D eigenvalue weighted by molar-refractivity contribution is -0.132. The first-order valence-electron chi connectivity index (χ1n) is 8.29. The molecule has 1 atom stereocenters. The molecule has 0 bridgehead atoms. The van der Waals surface area contributed by atoms with Gasteiger partial charge in [-0.3, -0.25) is 4.79 Å².